The summed E-state index contributed by atoms with van der Waals surface area (Å²) >= 11 is 7.67. The first kappa shape index (κ1) is 10.9. The highest BCUT2D eigenvalue weighted by Gasteiger charge is 2.02. The number of halogens is 1. The Balaban J connectivity index is 2.32. The van der Waals surface area contributed by atoms with Gasteiger partial charge in [-0.15, -0.1) is 0 Å². The topological polar surface area (TPSA) is 29.9 Å². The second-order valence-corrected chi connectivity index (χ2v) is 4.10. The number of imidazole rings is 1. The van der Waals surface area contributed by atoms with Crippen LogP contribution in [0, 0.1) is 0 Å². The van der Waals surface area contributed by atoms with Crippen molar-refractivity contribution in [3.05, 3.63) is 17.2 Å². The largest absolute Gasteiger partial charge is 0.321 e. The maximum absolute atomic E-state index is 5.84. The maximum atomic E-state index is 5.84. The lowest BCUT2D eigenvalue weighted by Gasteiger charge is -2.03. The molecule has 0 saturated heterocycles. The number of aromatic nitrogens is 2. The maximum Gasteiger partial charge on any atom is 0.128 e. The lowest BCUT2D eigenvalue weighted by molar-refractivity contribution is 0.665. The molecule has 1 heterocycles. The summed E-state index contributed by atoms with van der Waals surface area (Å²) in [7, 11) is 1.92. The van der Waals surface area contributed by atoms with Crippen molar-refractivity contribution in [1.29, 1.82) is 0 Å². The van der Waals surface area contributed by atoms with Gasteiger partial charge in [0.05, 0.1) is 12.7 Å². The Labute approximate surface area is 87.9 Å². The van der Waals surface area contributed by atoms with Crippen molar-refractivity contribution in [2.75, 3.05) is 18.6 Å². The molecule has 1 N–H and O–H groups in total. The zero-order valence-corrected chi connectivity index (χ0v) is 9.45. The number of hydrogen-bond donors (Lipinski definition) is 1. The second-order valence-electron chi connectivity index (χ2n) is 2.73. The molecule has 0 unspecified atom stereocenters. The third kappa shape index (κ3) is 3.21. The lowest BCUT2D eigenvalue weighted by Crippen LogP contribution is -2.18. The molecule has 0 fully saturated rings. The zero-order chi connectivity index (χ0) is 9.68. The molecule has 0 saturated carbocycles. The molecule has 0 aliphatic rings. The fraction of sp³-hybridized carbons (Fsp3) is 0.625. The third-order valence-corrected chi connectivity index (χ3v) is 2.76. The number of nitrogens with zero attached hydrogens (tertiary/aromatic N) is 2. The Morgan fingerprint density at radius 2 is 2.46 bits per heavy atom. The molecule has 1 aromatic rings. The van der Waals surface area contributed by atoms with Crippen LogP contribution in [0.5, 0.6) is 0 Å². The molecule has 5 heteroatoms. The molecule has 0 bridgehead atoms. The van der Waals surface area contributed by atoms with Crippen LogP contribution in [0.25, 0.3) is 0 Å². The summed E-state index contributed by atoms with van der Waals surface area (Å²) in [5.74, 6) is 2.10. The van der Waals surface area contributed by atoms with Gasteiger partial charge in [-0.3, -0.25) is 0 Å². The molecule has 13 heavy (non-hydrogen) atoms. The van der Waals surface area contributed by atoms with Gasteiger partial charge in [-0.25, -0.2) is 4.98 Å². The molecule has 3 nitrogen and oxygen atoms in total. The van der Waals surface area contributed by atoms with Crippen molar-refractivity contribution >= 4 is 23.4 Å². The van der Waals surface area contributed by atoms with Gasteiger partial charge < -0.3 is 9.88 Å². The quantitative estimate of drug-likeness (QED) is 0.762. The molecule has 0 aromatic carbocycles. The summed E-state index contributed by atoms with van der Waals surface area (Å²) in [6.07, 6.45) is 3.77. The SMILES string of the molecule is CSCCNCc1ncc(Cl)n1C. The van der Waals surface area contributed by atoms with Crippen LogP contribution in [0.4, 0.5) is 0 Å². The van der Waals surface area contributed by atoms with Gasteiger partial charge >= 0.3 is 0 Å². The van der Waals surface area contributed by atoms with Crippen molar-refractivity contribution in [2.24, 2.45) is 7.05 Å². The number of rotatable bonds is 5. The number of hydrogen-bond acceptors (Lipinski definition) is 3. The molecule has 0 aliphatic carbocycles. The number of thioether (sulfide) groups is 1. The average molecular weight is 220 g/mol. The zero-order valence-electron chi connectivity index (χ0n) is 7.88. The predicted molar refractivity (Wildman–Crippen MR) is 58.3 cm³/mol. The van der Waals surface area contributed by atoms with Crippen LogP contribution in [0.2, 0.25) is 5.15 Å². The Morgan fingerprint density at radius 3 is 3.00 bits per heavy atom. The number of nitrogens with one attached hydrogen (secondary N) is 1. The minimum atomic E-state index is 0.682. The fourth-order valence-electron chi connectivity index (χ4n) is 0.963. The van der Waals surface area contributed by atoms with Crippen LogP contribution in [-0.4, -0.2) is 28.1 Å². The molecule has 0 atom stereocenters. The Morgan fingerprint density at radius 1 is 1.69 bits per heavy atom. The van der Waals surface area contributed by atoms with Gasteiger partial charge in [-0.1, -0.05) is 11.6 Å². The van der Waals surface area contributed by atoms with E-state index in [2.05, 4.69) is 16.6 Å². The smallest absolute Gasteiger partial charge is 0.128 e. The Bertz CT molecular complexity index is 262. The van der Waals surface area contributed by atoms with E-state index in [0.717, 1.165) is 24.7 Å². The van der Waals surface area contributed by atoms with Gasteiger partial charge in [-0.05, 0) is 6.26 Å². The van der Waals surface area contributed by atoms with E-state index in [4.69, 9.17) is 11.6 Å². The van der Waals surface area contributed by atoms with Crippen LogP contribution >= 0.6 is 23.4 Å². The molecule has 0 amide bonds. The van der Waals surface area contributed by atoms with E-state index in [-0.39, 0.29) is 0 Å². The first-order chi connectivity index (χ1) is 6.25. The second kappa shape index (κ2) is 5.52. The van der Waals surface area contributed by atoms with Gasteiger partial charge in [0.1, 0.15) is 11.0 Å². The molecule has 1 aromatic heterocycles. The monoisotopic (exact) mass is 219 g/mol. The van der Waals surface area contributed by atoms with Crippen LogP contribution in [0.3, 0.4) is 0 Å². The van der Waals surface area contributed by atoms with Crippen molar-refractivity contribution in [2.45, 2.75) is 6.54 Å². The summed E-state index contributed by atoms with van der Waals surface area (Å²) in [6.45, 7) is 1.79. The van der Waals surface area contributed by atoms with E-state index in [1.165, 1.54) is 0 Å². The van der Waals surface area contributed by atoms with E-state index in [1.807, 2.05) is 23.4 Å². The highest BCUT2D eigenvalue weighted by molar-refractivity contribution is 7.98. The molecule has 1 rings (SSSR count). The van der Waals surface area contributed by atoms with Crippen molar-refractivity contribution < 1.29 is 0 Å². The van der Waals surface area contributed by atoms with E-state index < -0.39 is 0 Å². The minimum absolute atomic E-state index is 0.682. The molecule has 0 aliphatic heterocycles. The van der Waals surface area contributed by atoms with E-state index >= 15 is 0 Å². The standard InChI is InChI=1S/C8H14ClN3S/c1-12-7(9)5-11-8(12)6-10-3-4-13-2/h5,10H,3-4,6H2,1-2H3. The van der Waals surface area contributed by atoms with Gasteiger partial charge in [0.2, 0.25) is 0 Å². The molecule has 0 radical (unpaired) electrons. The summed E-state index contributed by atoms with van der Waals surface area (Å²) in [5, 5.41) is 3.98. The van der Waals surface area contributed by atoms with E-state index in [1.54, 1.807) is 6.20 Å². The summed E-state index contributed by atoms with van der Waals surface area (Å²) < 4.78 is 1.88. The molecular formula is C8H14ClN3S. The lowest BCUT2D eigenvalue weighted by atomic mass is 10.5. The van der Waals surface area contributed by atoms with Crippen LogP contribution in [-0.2, 0) is 13.6 Å². The predicted octanol–water partition coefficient (Wildman–Crippen LogP) is 1.53. The fourth-order valence-corrected chi connectivity index (χ4v) is 1.46. The summed E-state index contributed by atoms with van der Waals surface area (Å²) in [6, 6.07) is 0. The molecule has 0 spiro atoms. The van der Waals surface area contributed by atoms with Gasteiger partial charge in [0.15, 0.2) is 0 Å². The van der Waals surface area contributed by atoms with Crippen molar-refractivity contribution in [1.82, 2.24) is 14.9 Å². The summed E-state index contributed by atoms with van der Waals surface area (Å²) in [4.78, 5) is 4.17. The average Bonchev–Trinajstić information content (AvgIpc) is 2.43. The van der Waals surface area contributed by atoms with Crippen molar-refractivity contribution in [3.8, 4) is 0 Å². The Hall–Kier alpha value is -0.190. The van der Waals surface area contributed by atoms with Crippen LogP contribution < -0.4 is 5.32 Å². The normalized spacial score (nSPS) is 10.7. The highest BCUT2D eigenvalue weighted by Crippen LogP contribution is 2.08. The van der Waals surface area contributed by atoms with Gasteiger partial charge in [-0.2, -0.15) is 11.8 Å². The van der Waals surface area contributed by atoms with E-state index in [0.29, 0.717) is 5.15 Å². The Kier molecular flexibility index (Phi) is 4.62. The first-order valence-electron chi connectivity index (χ1n) is 4.11. The highest BCUT2D eigenvalue weighted by atomic mass is 35.5. The van der Waals surface area contributed by atoms with Gasteiger partial charge in [0, 0.05) is 19.3 Å². The van der Waals surface area contributed by atoms with E-state index in [9.17, 15) is 0 Å². The van der Waals surface area contributed by atoms with Gasteiger partial charge in [0.25, 0.3) is 0 Å². The van der Waals surface area contributed by atoms with Crippen molar-refractivity contribution in [3.63, 3.8) is 0 Å². The first-order valence-corrected chi connectivity index (χ1v) is 5.88. The third-order valence-electron chi connectivity index (χ3n) is 1.79. The summed E-state index contributed by atoms with van der Waals surface area (Å²) in [5.41, 5.74) is 0. The molecular weight excluding hydrogens is 206 g/mol. The minimum Gasteiger partial charge on any atom is -0.321 e. The van der Waals surface area contributed by atoms with Crippen LogP contribution in [0.15, 0.2) is 6.20 Å². The van der Waals surface area contributed by atoms with Crippen LogP contribution in [0.1, 0.15) is 5.82 Å². The molecule has 74 valence electrons.